The van der Waals surface area contributed by atoms with Gasteiger partial charge in [0.15, 0.2) is 0 Å². The third-order valence-electron chi connectivity index (χ3n) is 5.15. The van der Waals surface area contributed by atoms with Crippen LogP contribution in [0.1, 0.15) is 24.8 Å². The van der Waals surface area contributed by atoms with Gasteiger partial charge in [-0.05, 0) is 37.1 Å². The molecule has 0 N–H and O–H groups in total. The zero-order valence-electron chi connectivity index (χ0n) is 13.8. The number of carbonyl (C=O) groups is 1. The quantitative estimate of drug-likeness (QED) is 0.829. The van der Waals surface area contributed by atoms with Crippen LogP contribution in [0, 0.1) is 5.41 Å². The van der Waals surface area contributed by atoms with E-state index < -0.39 is 0 Å². The van der Waals surface area contributed by atoms with Crippen LogP contribution in [0.4, 0.5) is 0 Å². The van der Waals surface area contributed by atoms with Crippen molar-refractivity contribution in [1.82, 2.24) is 9.80 Å². The van der Waals surface area contributed by atoms with E-state index in [4.69, 9.17) is 16.3 Å². The van der Waals surface area contributed by atoms with Gasteiger partial charge in [0, 0.05) is 43.7 Å². The van der Waals surface area contributed by atoms with E-state index in [1.54, 1.807) is 7.11 Å². The summed E-state index contributed by atoms with van der Waals surface area (Å²) in [5.74, 6) is 0.236. The molecule has 0 saturated carbocycles. The van der Waals surface area contributed by atoms with Crippen LogP contribution in [0.5, 0.6) is 0 Å². The first-order valence-corrected chi connectivity index (χ1v) is 8.72. The lowest BCUT2D eigenvalue weighted by atomic mass is 9.86. The predicted molar refractivity (Wildman–Crippen MR) is 91.5 cm³/mol. The van der Waals surface area contributed by atoms with Gasteiger partial charge < -0.3 is 9.64 Å². The summed E-state index contributed by atoms with van der Waals surface area (Å²) in [5.41, 5.74) is 1.60. The normalized spacial score (nSPS) is 24.7. The largest absolute Gasteiger partial charge is 0.384 e. The molecule has 1 aromatic rings. The lowest BCUT2D eigenvalue weighted by Gasteiger charge is -2.25. The van der Waals surface area contributed by atoms with E-state index in [2.05, 4.69) is 17.0 Å². The van der Waals surface area contributed by atoms with Crippen molar-refractivity contribution >= 4 is 17.5 Å². The SMILES string of the molecule is COCCC(=O)N1CC[C@@]2(CCN(Cc3ccc(Cl)cc3)C2)C1. The molecule has 0 unspecified atom stereocenters. The number of likely N-dealkylation sites (tertiary alicyclic amines) is 2. The van der Waals surface area contributed by atoms with E-state index in [0.29, 0.717) is 18.4 Å². The van der Waals surface area contributed by atoms with Crippen molar-refractivity contribution in [2.45, 2.75) is 25.8 Å². The Hall–Kier alpha value is -1.10. The van der Waals surface area contributed by atoms with Crippen LogP contribution in [0.25, 0.3) is 0 Å². The van der Waals surface area contributed by atoms with Gasteiger partial charge in [0.05, 0.1) is 13.0 Å². The van der Waals surface area contributed by atoms with Gasteiger partial charge in [-0.2, -0.15) is 0 Å². The number of nitrogens with zero attached hydrogens (tertiary/aromatic N) is 2. The maximum atomic E-state index is 12.2. The standard InChI is InChI=1S/C18H25ClN2O2/c1-23-11-6-17(22)21-10-8-18(14-21)7-9-20(13-18)12-15-2-4-16(19)5-3-15/h2-5H,6-14H2,1H3/t18-/m1/s1. The van der Waals surface area contributed by atoms with E-state index in [9.17, 15) is 4.79 Å². The average molecular weight is 337 g/mol. The maximum Gasteiger partial charge on any atom is 0.224 e. The van der Waals surface area contributed by atoms with Gasteiger partial charge >= 0.3 is 0 Å². The average Bonchev–Trinajstić information content (AvgIpc) is 3.15. The molecule has 4 nitrogen and oxygen atoms in total. The summed E-state index contributed by atoms with van der Waals surface area (Å²) in [6.07, 6.45) is 2.82. The Morgan fingerprint density at radius 3 is 2.70 bits per heavy atom. The van der Waals surface area contributed by atoms with Crippen LogP contribution in [-0.4, -0.2) is 55.6 Å². The number of amides is 1. The van der Waals surface area contributed by atoms with Gasteiger partial charge in [0.1, 0.15) is 0 Å². The van der Waals surface area contributed by atoms with E-state index in [-0.39, 0.29) is 5.91 Å². The topological polar surface area (TPSA) is 32.8 Å². The Morgan fingerprint density at radius 2 is 1.96 bits per heavy atom. The number of ether oxygens (including phenoxy) is 1. The summed E-state index contributed by atoms with van der Waals surface area (Å²) in [6, 6.07) is 8.11. The molecule has 0 bridgehead atoms. The summed E-state index contributed by atoms with van der Waals surface area (Å²) < 4.78 is 5.02. The molecule has 2 heterocycles. The van der Waals surface area contributed by atoms with Crippen molar-refractivity contribution in [3.63, 3.8) is 0 Å². The highest BCUT2D eigenvalue weighted by Crippen LogP contribution is 2.40. The second-order valence-electron chi connectivity index (χ2n) is 6.90. The number of hydrogen-bond acceptors (Lipinski definition) is 3. The second-order valence-corrected chi connectivity index (χ2v) is 7.33. The molecular formula is C18H25ClN2O2. The third-order valence-corrected chi connectivity index (χ3v) is 5.40. The second kappa shape index (κ2) is 7.20. The summed E-state index contributed by atoms with van der Waals surface area (Å²) in [4.78, 5) is 16.7. The number of halogens is 1. The summed E-state index contributed by atoms with van der Waals surface area (Å²) in [7, 11) is 1.64. The number of rotatable bonds is 5. The molecule has 2 fully saturated rings. The molecule has 3 rings (SSSR count). The highest BCUT2D eigenvalue weighted by Gasteiger charge is 2.44. The molecule has 1 aromatic carbocycles. The third kappa shape index (κ3) is 4.06. The van der Waals surface area contributed by atoms with E-state index in [0.717, 1.165) is 44.2 Å². The maximum absolute atomic E-state index is 12.2. The fourth-order valence-corrected chi connectivity index (χ4v) is 3.97. The minimum atomic E-state index is 0.236. The van der Waals surface area contributed by atoms with E-state index >= 15 is 0 Å². The molecule has 23 heavy (non-hydrogen) atoms. The molecule has 2 saturated heterocycles. The van der Waals surface area contributed by atoms with Crippen LogP contribution >= 0.6 is 11.6 Å². The van der Waals surface area contributed by atoms with Crippen molar-refractivity contribution in [3.8, 4) is 0 Å². The molecule has 1 atom stereocenters. The van der Waals surface area contributed by atoms with Gasteiger partial charge in [-0.1, -0.05) is 23.7 Å². The summed E-state index contributed by atoms with van der Waals surface area (Å²) in [5, 5.41) is 0.785. The van der Waals surface area contributed by atoms with Gasteiger partial charge in [-0.25, -0.2) is 0 Å². The van der Waals surface area contributed by atoms with Crippen molar-refractivity contribution in [2.75, 3.05) is 39.9 Å². The Bertz CT molecular complexity index is 548. The first-order valence-electron chi connectivity index (χ1n) is 8.34. The molecule has 0 radical (unpaired) electrons. The molecule has 2 aliphatic heterocycles. The highest BCUT2D eigenvalue weighted by atomic mass is 35.5. The minimum absolute atomic E-state index is 0.236. The summed E-state index contributed by atoms with van der Waals surface area (Å²) >= 11 is 5.95. The van der Waals surface area contributed by atoms with E-state index in [1.165, 1.54) is 12.0 Å². The first-order chi connectivity index (χ1) is 11.1. The van der Waals surface area contributed by atoms with Crippen LogP contribution in [0.15, 0.2) is 24.3 Å². The number of benzene rings is 1. The molecule has 1 spiro atoms. The molecule has 0 aromatic heterocycles. The Labute approximate surface area is 143 Å². The number of carbonyl (C=O) groups excluding carboxylic acids is 1. The van der Waals surface area contributed by atoms with Crippen molar-refractivity contribution in [3.05, 3.63) is 34.9 Å². The minimum Gasteiger partial charge on any atom is -0.384 e. The van der Waals surface area contributed by atoms with E-state index in [1.807, 2.05) is 17.0 Å². The van der Waals surface area contributed by atoms with Gasteiger partial charge in [0.25, 0.3) is 0 Å². The fraction of sp³-hybridized carbons (Fsp3) is 0.611. The predicted octanol–water partition coefficient (Wildman–Crippen LogP) is 2.80. The zero-order chi connectivity index (χ0) is 16.3. The lowest BCUT2D eigenvalue weighted by Crippen LogP contribution is -2.34. The fourth-order valence-electron chi connectivity index (χ4n) is 3.84. The van der Waals surface area contributed by atoms with Gasteiger partial charge in [0.2, 0.25) is 5.91 Å². The summed E-state index contributed by atoms with van der Waals surface area (Å²) in [6.45, 7) is 5.50. The Morgan fingerprint density at radius 1 is 1.22 bits per heavy atom. The number of methoxy groups -OCH3 is 1. The number of hydrogen-bond donors (Lipinski definition) is 0. The smallest absolute Gasteiger partial charge is 0.224 e. The molecule has 0 aliphatic carbocycles. The zero-order valence-corrected chi connectivity index (χ0v) is 14.5. The van der Waals surface area contributed by atoms with Crippen molar-refractivity contribution in [2.24, 2.45) is 5.41 Å². The van der Waals surface area contributed by atoms with Crippen molar-refractivity contribution < 1.29 is 9.53 Å². The lowest BCUT2D eigenvalue weighted by molar-refractivity contribution is -0.131. The Balaban J connectivity index is 1.53. The molecule has 1 amide bonds. The monoisotopic (exact) mass is 336 g/mol. The van der Waals surface area contributed by atoms with Crippen molar-refractivity contribution in [1.29, 1.82) is 0 Å². The van der Waals surface area contributed by atoms with Crippen LogP contribution in [0.2, 0.25) is 5.02 Å². The molecule has 126 valence electrons. The van der Waals surface area contributed by atoms with Crippen LogP contribution in [-0.2, 0) is 16.1 Å². The Kier molecular flexibility index (Phi) is 5.24. The van der Waals surface area contributed by atoms with Crippen LogP contribution < -0.4 is 0 Å². The molecule has 2 aliphatic rings. The van der Waals surface area contributed by atoms with Gasteiger partial charge in [-0.15, -0.1) is 0 Å². The van der Waals surface area contributed by atoms with Crippen LogP contribution in [0.3, 0.4) is 0 Å². The highest BCUT2D eigenvalue weighted by molar-refractivity contribution is 6.30. The molecular weight excluding hydrogens is 312 g/mol. The first kappa shape index (κ1) is 16.7. The molecule has 5 heteroatoms. The van der Waals surface area contributed by atoms with Gasteiger partial charge in [-0.3, -0.25) is 9.69 Å².